The van der Waals surface area contributed by atoms with Crippen LogP contribution in [0.2, 0.25) is 0 Å². The Morgan fingerprint density at radius 2 is 2.12 bits per heavy atom. The van der Waals surface area contributed by atoms with Crippen molar-refractivity contribution >= 4 is 21.9 Å². The molecule has 0 aromatic heterocycles. The zero-order chi connectivity index (χ0) is 12.0. The Hall–Kier alpha value is -1.29. The number of hydrogen-bond acceptors (Lipinski definition) is 2. The zero-order valence-corrected chi connectivity index (χ0v) is 10.5. The minimum absolute atomic E-state index is 0.0447. The fourth-order valence-corrected chi connectivity index (χ4v) is 1.42. The third-order valence-electron chi connectivity index (χ3n) is 1.88. The third-order valence-corrected chi connectivity index (χ3v) is 2.41. The second-order valence-corrected chi connectivity index (χ2v) is 4.27. The molecular formula is C12H13BrO3. The first-order valence-electron chi connectivity index (χ1n) is 4.89. The summed E-state index contributed by atoms with van der Waals surface area (Å²) in [4.78, 5) is 10.2. The maximum atomic E-state index is 10.2. The number of rotatable bonds is 5. The van der Waals surface area contributed by atoms with E-state index in [2.05, 4.69) is 15.9 Å². The number of benzene rings is 1. The summed E-state index contributed by atoms with van der Waals surface area (Å²) in [5, 5.41) is 8.41. The lowest BCUT2D eigenvalue weighted by atomic mass is 10.2. The molecule has 1 unspecified atom stereocenters. The molecule has 16 heavy (non-hydrogen) atoms. The molecule has 4 heteroatoms. The van der Waals surface area contributed by atoms with E-state index in [0.717, 1.165) is 16.3 Å². The van der Waals surface area contributed by atoms with Crippen molar-refractivity contribution in [2.45, 2.75) is 19.4 Å². The van der Waals surface area contributed by atoms with Crippen LogP contribution >= 0.6 is 15.9 Å². The van der Waals surface area contributed by atoms with Crippen LogP contribution < -0.4 is 4.74 Å². The first kappa shape index (κ1) is 12.8. The number of carboxylic acid groups (broad SMARTS) is 1. The number of hydrogen-bond donors (Lipinski definition) is 1. The van der Waals surface area contributed by atoms with Gasteiger partial charge >= 0.3 is 5.97 Å². The van der Waals surface area contributed by atoms with Crippen molar-refractivity contribution in [3.05, 3.63) is 40.9 Å². The van der Waals surface area contributed by atoms with Gasteiger partial charge in [0.1, 0.15) is 5.75 Å². The molecule has 1 aromatic carbocycles. The van der Waals surface area contributed by atoms with Gasteiger partial charge in [-0.1, -0.05) is 22.0 Å². The number of halogens is 1. The van der Waals surface area contributed by atoms with Gasteiger partial charge in [0.15, 0.2) is 0 Å². The van der Waals surface area contributed by atoms with Crippen LogP contribution in [0.1, 0.15) is 13.3 Å². The Morgan fingerprint density at radius 3 is 2.69 bits per heavy atom. The summed E-state index contributed by atoms with van der Waals surface area (Å²) in [7, 11) is 0. The molecule has 3 nitrogen and oxygen atoms in total. The van der Waals surface area contributed by atoms with Gasteiger partial charge in [0, 0.05) is 17.0 Å². The van der Waals surface area contributed by atoms with Crippen LogP contribution in [0.5, 0.6) is 5.75 Å². The van der Waals surface area contributed by atoms with Crippen LogP contribution in [-0.2, 0) is 4.79 Å². The quantitative estimate of drug-likeness (QED) is 0.845. The summed E-state index contributed by atoms with van der Waals surface area (Å²) in [6.07, 6.45) is 3.24. The van der Waals surface area contributed by atoms with Crippen molar-refractivity contribution in [2.75, 3.05) is 0 Å². The summed E-state index contributed by atoms with van der Waals surface area (Å²) >= 11 is 3.34. The monoisotopic (exact) mass is 284 g/mol. The minimum Gasteiger partial charge on any atom is -0.490 e. The molecule has 0 saturated heterocycles. The summed E-state index contributed by atoms with van der Waals surface area (Å²) in [5.41, 5.74) is 0. The zero-order valence-electron chi connectivity index (χ0n) is 8.89. The standard InChI is InChI=1S/C12H13BrO3/c1-9(3-2-4-12(14)15)16-11-7-5-10(13)6-8-11/h2,4-9H,3H2,1H3,(H,14,15)/b4-2+. The van der Waals surface area contributed by atoms with E-state index >= 15 is 0 Å². The summed E-state index contributed by atoms with van der Waals surface area (Å²) < 4.78 is 6.58. The van der Waals surface area contributed by atoms with E-state index in [9.17, 15) is 4.79 Å². The molecule has 0 aliphatic heterocycles. The lowest BCUT2D eigenvalue weighted by Crippen LogP contribution is -2.10. The van der Waals surface area contributed by atoms with Gasteiger partial charge in [-0.3, -0.25) is 0 Å². The maximum Gasteiger partial charge on any atom is 0.327 e. The SMILES string of the molecule is CC(C/C=C/C(=O)O)Oc1ccc(Br)cc1. The summed E-state index contributed by atoms with van der Waals surface area (Å²) in [6, 6.07) is 7.52. The topological polar surface area (TPSA) is 46.5 Å². The van der Waals surface area contributed by atoms with Crippen molar-refractivity contribution in [1.82, 2.24) is 0 Å². The normalized spacial score (nSPS) is 12.6. The van der Waals surface area contributed by atoms with Crippen molar-refractivity contribution in [3.8, 4) is 5.75 Å². The molecule has 1 N–H and O–H groups in total. The first-order chi connectivity index (χ1) is 7.58. The van der Waals surface area contributed by atoms with Gasteiger partial charge in [0.25, 0.3) is 0 Å². The van der Waals surface area contributed by atoms with E-state index in [1.54, 1.807) is 6.08 Å². The van der Waals surface area contributed by atoms with Gasteiger partial charge in [-0.2, -0.15) is 0 Å². The number of ether oxygens (including phenoxy) is 1. The lowest BCUT2D eigenvalue weighted by Gasteiger charge is -2.12. The van der Waals surface area contributed by atoms with Crippen molar-refractivity contribution in [2.24, 2.45) is 0 Å². The second kappa shape index (κ2) is 6.33. The fraction of sp³-hybridized carbons (Fsp3) is 0.250. The molecule has 0 aliphatic rings. The van der Waals surface area contributed by atoms with Gasteiger partial charge in [-0.25, -0.2) is 4.79 Å². The van der Waals surface area contributed by atoms with Crippen molar-refractivity contribution in [1.29, 1.82) is 0 Å². The van der Waals surface area contributed by atoms with Crippen LogP contribution in [0.4, 0.5) is 0 Å². The molecule has 1 rings (SSSR count). The number of aliphatic carboxylic acids is 1. The molecule has 1 atom stereocenters. The molecule has 1 aromatic rings. The van der Waals surface area contributed by atoms with E-state index < -0.39 is 5.97 Å². The number of carboxylic acids is 1. The Bertz CT molecular complexity index is 370. The van der Waals surface area contributed by atoms with E-state index in [4.69, 9.17) is 9.84 Å². The average molecular weight is 285 g/mol. The Balaban J connectivity index is 2.42. The van der Waals surface area contributed by atoms with Gasteiger partial charge in [0.2, 0.25) is 0 Å². The molecule has 0 spiro atoms. The molecule has 86 valence electrons. The molecular weight excluding hydrogens is 272 g/mol. The van der Waals surface area contributed by atoms with Crippen LogP contribution in [0.3, 0.4) is 0 Å². The fourth-order valence-electron chi connectivity index (χ4n) is 1.15. The molecule has 0 aliphatic carbocycles. The Labute approximate surface area is 103 Å². The predicted octanol–water partition coefficient (Wildman–Crippen LogP) is 3.25. The number of carbonyl (C=O) groups is 1. The van der Waals surface area contributed by atoms with Gasteiger partial charge in [0.05, 0.1) is 6.10 Å². The summed E-state index contributed by atoms with van der Waals surface area (Å²) in [6.45, 7) is 1.90. The second-order valence-electron chi connectivity index (χ2n) is 3.36. The lowest BCUT2D eigenvalue weighted by molar-refractivity contribution is -0.131. The predicted molar refractivity (Wildman–Crippen MR) is 65.6 cm³/mol. The highest BCUT2D eigenvalue weighted by Gasteiger charge is 2.01. The van der Waals surface area contributed by atoms with Gasteiger partial charge < -0.3 is 9.84 Å². The third kappa shape index (κ3) is 4.98. The smallest absolute Gasteiger partial charge is 0.327 e. The highest BCUT2D eigenvalue weighted by Crippen LogP contribution is 2.17. The van der Waals surface area contributed by atoms with E-state index in [0.29, 0.717) is 6.42 Å². The van der Waals surface area contributed by atoms with Crippen molar-refractivity contribution in [3.63, 3.8) is 0 Å². The average Bonchev–Trinajstić information content (AvgIpc) is 2.21. The van der Waals surface area contributed by atoms with Crippen LogP contribution in [0.25, 0.3) is 0 Å². The highest BCUT2D eigenvalue weighted by atomic mass is 79.9. The van der Waals surface area contributed by atoms with E-state index in [1.165, 1.54) is 0 Å². The van der Waals surface area contributed by atoms with Gasteiger partial charge in [-0.05, 0) is 31.2 Å². The van der Waals surface area contributed by atoms with Gasteiger partial charge in [-0.15, -0.1) is 0 Å². The Morgan fingerprint density at radius 1 is 1.50 bits per heavy atom. The van der Waals surface area contributed by atoms with E-state index in [1.807, 2.05) is 31.2 Å². The largest absolute Gasteiger partial charge is 0.490 e. The molecule has 0 bridgehead atoms. The van der Waals surface area contributed by atoms with Crippen LogP contribution in [0.15, 0.2) is 40.9 Å². The maximum absolute atomic E-state index is 10.2. The molecule has 0 amide bonds. The summed E-state index contributed by atoms with van der Waals surface area (Å²) in [5.74, 6) is -0.157. The molecule has 0 heterocycles. The van der Waals surface area contributed by atoms with Crippen LogP contribution in [-0.4, -0.2) is 17.2 Å². The van der Waals surface area contributed by atoms with Crippen molar-refractivity contribution < 1.29 is 14.6 Å². The molecule has 0 saturated carbocycles. The first-order valence-corrected chi connectivity index (χ1v) is 5.69. The Kier molecular flexibility index (Phi) is 5.05. The highest BCUT2D eigenvalue weighted by molar-refractivity contribution is 9.10. The molecule has 0 fully saturated rings. The molecule has 0 radical (unpaired) electrons. The minimum atomic E-state index is -0.934. The van der Waals surface area contributed by atoms with E-state index in [-0.39, 0.29) is 6.10 Å². The van der Waals surface area contributed by atoms with Crippen LogP contribution in [0, 0.1) is 0 Å².